The first-order chi connectivity index (χ1) is 11.4. The summed E-state index contributed by atoms with van der Waals surface area (Å²) in [6.07, 6.45) is 14.7. The summed E-state index contributed by atoms with van der Waals surface area (Å²) in [7, 11) is 0. The molecule has 0 N–H and O–H groups in total. The average Bonchev–Trinajstić information content (AvgIpc) is 2.96. The van der Waals surface area contributed by atoms with Gasteiger partial charge in [0.1, 0.15) is 0 Å². The van der Waals surface area contributed by atoms with E-state index in [9.17, 15) is 0 Å². The highest BCUT2D eigenvalue weighted by Gasteiger charge is 2.15. The van der Waals surface area contributed by atoms with Crippen molar-refractivity contribution in [2.75, 3.05) is 0 Å². The second-order valence-electron chi connectivity index (χ2n) is 7.14. The average molecular weight is 309 g/mol. The van der Waals surface area contributed by atoms with Gasteiger partial charge in [-0.3, -0.25) is 0 Å². The minimum absolute atomic E-state index is 0.755. The summed E-state index contributed by atoms with van der Waals surface area (Å²) in [5.41, 5.74) is 4.54. The molecule has 2 aromatic rings. The summed E-state index contributed by atoms with van der Waals surface area (Å²) >= 11 is 0. The number of hydrogen-bond acceptors (Lipinski definition) is 0. The smallest absolute Gasteiger partial charge is 0.0472 e. The van der Waals surface area contributed by atoms with Crippen molar-refractivity contribution in [1.29, 1.82) is 0 Å². The van der Waals surface area contributed by atoms with Crippen molar-refractivity contribution in [2.24, 2.45) is 0 Å². The van der Waals surface area contributed by atoms with Crippen LogP contribution in [0.5, 0.6) is 0 Å². The molecule has 1 heterocycles. The molecule has 0 radical (unpaired) electrons. The molecule has 124 valence electrons. The molecule has 1 aromatic heterocycles. The maximum Gasteiger partial charge on any atom is 0.0472 e. The van der Waals surface area contributed by atoms with Crippen LogP contribution in [0, 0.1) is 0 Å². The van der Waals surface area contributed by atoms with E-state index in [1.165, 1.54) is 63.4 Å². The Morgan fingerprint density at radius 1 is 0.957 bits per heavy atom. The van der Waals surface area contributed by atoms with Crippen LogP contribution in [0.15, 0.2) is 42.6 Å². The lowest BCUT2D eigenvalue weighted by Crippen LogP contribution is -2.03. The van der Waals surface area contributed by atoms with Crippen molar-refractivity contribution >= 4 is 0 Å². The third-order valence-corrected chi connectivity index (χ3v) is 5.40. The zero-order valence-electron chi connectivity index (χ0n) is 14.6. The molecule has 1 nitrogen and oxygen atoms in total. The van der Waals surface area contributed by atoms with E-state index in [2.05, 4.69) is 54.1 Å². The molecule has 0 aliphatic heterocycles. The van der Waals surface area contributed by atoms with Gasteiger partial charge in [0, 0.05) is 18.4 Å². The van der Waals surface area contributed by atoms with Crippen LogP contribution in [0.1, 0.15) is 81.0 Å². The second-order valence-corrected chi connectivity index (χ2v) is 7.14. The molecule has 1 aliphatic rings. The monoisotopic (exact) mass is 309 g/mol. The second kappa shape index (κ2) is 8.38. The summed E-state index contributed by atoms with van der Waals surface area (Å²) in [5.74, 6) is 0.755. The molecule has 1 heteroatoms. The van der Waals surface area contributed by atoms with E-state index in [1.54, 1.807) is 11.3 Å². The number of aromatic nitrogens is 1. The number of nitrogens with zero attached hydrogens (tertiary/aromatic N) is 1. The number of rotatable bonds is 3. The van der Waals surface area contributed by atoms with Gasteiger partial charge in [-0.15, -0.1) is 0 Å². The van der Waals surface area contributed by atoms with Gasteiger partial charge >= 0.3 is 0 Å². The Hall–Kier alpha value is -1.50. The van der Waals surface area contributed by atoms with Gasteiger partial charge < -0.3 is 4.57 Å². The summed E-state index contributed by atoms with van der Waals surface area (Å²) < 4.78 is 2.52. The van der Waals surface area contributed by atoms with Crippen LogP contribution >= 0.6 is 0 Å². The van der Waals surface area contributed by atoms with Crippen LogP contribution < -0.4 is 0 Å². The van der Waals surface area contributed by atoms with Crippen molar-refractivity contribution in [3.63, 3.8) is 0 Å². The van der Waals surface area contributed by atoms with Gasteiger partial charge in [-0.1, -0.05) is 69.4 Å². The third-order valence-electron chi connectivity index (χ3n) is 5.40. The standard InChI is InChI=1S/C22H31N/c1-2-20-14-10-5-3-4-6-11-15-22-16-21(20)18-23(22)17-19-12-8-7-9-13-19/h7-9,12-13,16,18,20H,2-6,10-11,14-15,17H2,1H3. The Balaban J connectivity index is 1.84. The summed E-state index contributed by atoms with van der Waals surface area (Å²) in [6, 6.07) is 13.4. The Morgan fingerprint density at radius 3 is 2.48 bits per heavy atom. The molecular formula is C22H31N. The van der Waals surface area contributed by atoms with Crippen LogP contribution in [0.4, 0.5) is 0 Å². The van der Waals surface area contributed by atoms with Crippen molar-refractivity contribution < 1.29 is 0 Å². The minimum Gasteiger partial charge on any atom is -0.347 e. The van der Waals surface area contributed by atoms with Gasteiger partial charge in [0.05, 0.1) is 0 Å². The first kappa shape index (κ1) is 16.4. The van der Waals surface area contributed by atoms with E-state index >= 15 is 0 Å². The highest BCUT2D eigenvalue weighted by Crippen LogP contribution is 2.29. The number of fused-ring (bicyclic) bond motifs is 2. The van der Waals surface area contributed by atoms with E-state index < -0.39 is 0 Å². The lowest BCUT2D eigenvalue weighted by atomic mass is 9.91. The van der Waals surface area contributed by atoms with Gasteiger partial charge in [0.15, 0.2) is 0 Å². The lowest BCUT2D eigenvalue weighted by Gasteiger charge is -2.13. The Bertz CT molecular complexity index is 581. The minimum atomic E-state index is 0.755. The summed E-state index contributed by atoms with van der Waals surface area (Å²) in [4.78, 5) is 0. The van der Waals surface area contributed by atoms with Crippen LogP contribution in [0.2, 0.25) is 0 Å². The predicted molar refractivity (Wildman–Crippen MR) is 99.0 cm³/mol. The number of hydrogen-bond donors (Lipinski definition) is 0. The zero-order valence-corrected chi connectivity index (χ0v) is 14.6. The fraction of sp³-hybridized carbons (Fsp3) is 0.545. The Kier molecular flexibility index (Phi) is 5.96. The molecule has 23 heavy (non-hydrogen) atoms. The summed E-state index contributed by atoms with van der Waals surface area (Å²) in [5, 5.41) is 0. The normalized spacial score (nSPS) is 19.8. The lowest BCUT2D eigenvalue weighted by molar-refractivity contribution is 0.524. The highest BCUT2D eigenvalue weighted by molar-refractivity contribution is 5.25. The van der Waals surface area contributed by atoms with E-state index in [-0.39, 0.29) is 0 Å². The van der Waals surface area contributed by atoms with Crippen molar-refractivity contribution in [3.8, 4) is 0 Å². The number of aryl methyl sites for hydroxylation is 1. The molecule has 1 atom stereocenters. The van der Waals surface area contributed by atoms with Crippen LogP contribution in [0.3, 0.4) is 0 Å². The summed E-state index contributed by atoms with van der Waals surface area (Å²) in [6.45, 7) is 3.37. The molecular weight excluding hydrogens is 278 g/mol. The van der Waals surface area contributed by atoms with Crippen LogP contribution in [-0.4, -0.2) is 4.57 Å². The van der Waals surface area contributed by atoms with E-state index in [0.29, 0.717) is 0 Å². The highest BCUT2D eigenvalue weighted by atomic mass is 15.0. The quantitative estimate of drug-likeness (QED) is 0.625. The Labute approximate surface area is 141 Å². The third kappa shape index (κ3) is 4.50. The maximum atomic E-state index is 2.52. The first-order valence-electron chi connectivity index (χ1n) is 9.59. The molecule has 0 saturated heterocycles. The topological polar surface area (TPSA) is 4.93 Å². The van der Waals surface area contributed by atoms with E-state index in [4.69, 9.17) is 0 Å². The molecule has 0 saturated carbocycles. The van der Waals surface area contributed by atoms with Gasteiger partial charge in [0.25, 0.3) is 0 Å². The Morgan fingerprint density at radius 2 is 1.70 bits per heavy atom. The molecule has 2 bridgehead atoms. The van der Waals surface area contributed by atoms with E-state index in [1.807, 2.05) is 0 Å². The molecule has 0 fully saturated rings. The molecule has 1 aliphatic carbocycles. The predicted octanol–water partition coefficient (Wildman–Crippen LogP) is 6.32. The SMILES string of the molecule is CCC1CCCCCCCCc2cc1cn2Cc1ccccc1. The van der Waals surface area contributed by atoms with Crippen LogP contribution in [-0.2, 0) is 13.0 Å². The van der Waals surface area contributed by atoms with Crippen molar-refractivity contribution in [3.05, 3.63) is 59.4 Å². The van der Waals surface area contributed by atoms with Gasteiger partial charge in [0.2, 0.25) is 0 Å². The van der Waals surface area contributed by atoms with Crippen molar-refractivity contribution in [1.82, 2.24) is 4.57 Å². The maximum absolute atomic E-state index is 2.52. The number of benzene rings is 1. The van der Waals surface area contributed by atoms with Gasteiger partial charge in [-0.05, 0) is 48.8 Å². The fourth-order valence-electron chi connectivity index (χ4n) is 3.95. The van der Waals surface area contributed by atoms with E-state index in [0.717, 1.165) is 12.5 Å². The van der Waals surface area contributed by atoms with Crippen LogP contribution in [0.25, 0.3) is 0 Å². The zero-order chi connectivity index (χ0) is 15.9. The molecule has 3 rings (SSSR count). The molecule has 1 unspecified atom stereocenters. The largest absolute Gasteiger partial charge is 0.347 e. The molecule has 1 aromatic carbocycles. The molecule has 0 amide bonds. The fourth-order valence-corrected chi connectivity index (χ4v) is 3.95. The van der Waals surface area contributed by atoms with Gasteiger partial charge in [-0.25, -0.2) is 0 Å². The first-order valence-corrected chi connectivity index (χ1v) is 9.59. The van der Waals surface area contributed by atoms with Gasteiger partial charge in [-0.2, -0.15) is 0 Å². The molecule has 0 spiro atoms. The van der Waals surface area contributed by atoms with Crippen molar-refractivity contribution in [2.45, 2.75) is 77.2 Å².